The molecule has 0 aliphatic heterocycles. The highest BCUT2D eigenvalue weighted by molar-refractivity contribution is 4.68. The fraction of sp³-hybridized carbons (Fsp3) is 1.00. The zero-order valence-corrected chi connectivity index (χ0v) is 12.7. The monoisotopic (exact) mass is 216 g/mol. The first-order valence-corrected chi connectivity index (χ1v) is 7.33. The Hall–Kier alpha value is 0. The summed E-state index contributed by atoms with van der Waals surface area (Å²) in [5.74, 6) is 2.09. The Balaban J connectivity index is -0.000000208. The second-order valence-corrected chi connectivity index (χ2v) is 3.53. The first-order valence-electron chi connectivity index (χ1n) is 7.33. The Morgan fingerprint density at radius 3 is 1.33 bits per heavy atom. The van der Waals surface area contributed by atoms with Crippen molar-refractivity contribution in [3.05, 3.63) is 0 Å². The number of hydrogen-bond donors (Lipinski definition) is 0. The van der Waals surface area contributed by atoms with Crippen molar-refractivity contribution in [1.82, 2.24) is 0 Å². The molecule has 0 atom stereocenters. The third-order valence-corrected chi connectivity index (χ3v) is 2.71. The molecular weight excluding hydrogens is 180 g/mol. The number of rotatable bonds is 1. The standard InChI is InChI=1S/C9H18.3C2H6/c1-3-9-6-4-8(2)5-7-9;3*1-2/h8-9H,3-7H2,1-2H3;3*1-2H3. The summed E-state index contributed by atoms with van der Waals surface area (Å²) in [5, 5.41) is 0. The Bertz CT molecular complexity index is 68.1. The van der Waals surface area contributed by atoms with E-state index in [0.717, 1.165) is 11.8 Å². The van der Waals surface area contributed by atoms with E-state index in [1.54, 1.807) is 0 Å². The molecule has 15 heavy (non-hydrogen) atoms. The number of hydrogen-bond acceptors (Lipinski definition) is 0. The lowest BCUT2D eigenvalue weighted by Gasteiger charge is -2.24. The van der Waals surface area contributed by atoms with Crippen molar-refractivity contribution in [2.45, 2.75) is 87.5 Å². The van der Waals surface area contributed by atoms with Gasteiger partial charge >= 0.3 is 0 Å². The van der Waals surface area contributed by atoms with Gasteiger partial charge in [-0.2, -0.15) is 0 Å². The minimum atomic E-state index is 1.02. The highest BCUT2D eigenvalue weighted by atomic mass is 14.2. The summed E-state index contributed by atoms with van der Waals surface area (Å²) in [6, 6.07) is 0. The molecular formula is C15H36. The molecule has 0 spiro atoms. The van der Waals surface area contributed by atoms with Gasteiger partial charge < -0.3 is 0 Å². The van der Waals surface area contributed by atoms with Crippen LogP contribution in [0.5, 0.6) is 0 Å². The normalized spacial score (nSPS) is 23.2. The maximum atomic E-state index is 2.38. The van der Waals surface area contributed by atoms with E-state index in [9.17, 15) is 0 Å². The Morgan fingerprint density at radius 1 is 0.733 bits per heavy atom. The molecule has 1 saturated carbocycles. The molecule has 0 aromatic carbocycles. The summed E-state index contributed by atoms with van der Waals surface area (Å²) in [7, 11) is 0. The lowest BCUT2D eigenvalue weighted by atomic mass is 9.82. The van der Waals surface area contributed by atoms with E-state index in [4.69, 9.17) is 0 Å². The van der Waals surface area contributed by atoms with E-state index in [1.165, 1.54) is 32.1 Å². The lowest BCUT2D eigenvalue weighted by Crippen LogP contribution is -2.10. The van der Waals surface area contributed by atoms with Gasteiger partial charge in [0.1, 0.15) is 0 Å². The van der Waals surface area contributed by atoms with Gasteiger partial charge in [-0.25, -0.2) is 0 Å². The third-order valence-electron chi connectivity index (χ3n) is 2.71. The van der Waals surface area contributed by atoms with E-state index >= 15 is 0 Å². The predicted molar refractivity (Wildman–Crippen MR) is 75.5 cm³/mol. The second kappa shape index (κ2) is 19.6. The molecule has 96 valence electrons. The molecule has 0 radical (unpaired) electrons. The molecule has 1 aliphatic rings. The predicted octanol–water partition coefficient (Wildman–Crippen LogP) is 6.30. The molecule has 0 aromatic rings. The lowest BCUT2D eigenvalue weighted by molar-refractivity contribution is 0.284. The molecule has 0 unspecified atom stereocenters. The minimum Gasteiger partial charge on any atom is -0.0683 e. The van der Waals surface area contributed by atoms with Crippen LogP contribution in [0.3, 0.4) is 0 Å². The van der Waals surface area contributed by atoms with Gasteiger partial charge in [0.2, 0.25) is 0 Å². The van der Waals surface area contributed by atoms with E-state index in [0.29, 0.717) is 0 Å². The van der Waals surface area contributed by atoms with Gasteiger partial charge in [-0.15, -0.1) is 0 Å². The van der Waals surface area contributed by atoms with Gasteiger partial charge in [-0.1, -0.05) is 87.5 Å². The smallest absolute Gasteiger partial charge is 0.0417 e. The van der Waals surface area contributed by atoms with Crippen LogP contribution in [-0.2, 0) is 0 Å². The largest absolute Gasteiger partial charge is 0.0683 e. The maximum Gasteiger partial charge on any atom is -0.0417 e. The van der Waals surface area contributed by atoms with Crippen molar-refractivity contribution < 1.29 is 0 Å². The summed E-state index contributed by atoms with van der Waals surface area (Å²) >= 11 is 0. The van der Waals surface area contributed by atoms with Gasteiger partial charge in [-0.3, -0.25) is 0 Å². The van der Waals surface area contributed by atoms with E-state index < -0.39 is 0 Å². The van der Waals surface area contributed by atoms with Crippen LogP contribution in [0.25, 0.3) is 0 Å². The van der Waals surface area contributed by atoms with Crippen molar-refractivity contribution in [2.75, 3.05) is 0 Å². The molecule has 0 heteroatoms. The van der Waals surface area contributed by atoms with Crippen LogP contribution in [-0.4, -0.2) is 0 Å². The van der Waals surface area contributed by atoms with Crippen molar-refractivity contribution in [1.29, 1.82) is 0 Å². The van der Waals surface area contributed by atoms with Crippen molar-refractivity contribution in [2.24, 2.45) is 11.8 Å². The van der Waals surface area contributed by atoms with Crippen LogP contribution in [0.2, 0.25) is 0 Å². The molecule has 0 amide bonds. The van der Waals surface area contributed by atoms with Crippen LogP contribution in [0.15, 0.2) is 0 Å². The first-order chi connectivity index (χ1) is 7.33. The summed E-state index contributed by atoms with van der Waals surface area (Å²) in [6.07, 6.45) is 7.37. The summed E-state index contributed by atoms with van der Waals surface area (Å²) in [5.41, 5.74) is 0. The Labute approximate surface area is 99.9 Å². The average molecular weight is 216 g/mol. The fourth-order valence-corrected chi connectivity index (χ4v) is 1.74. The minimum absolute atomic E-state index is 1.02. The van der Waals surface area contributed by atoms with Crippen LogP contribution >= 0.6 is 0 Å². The topological polar surface area (TPSA) is 0 Å². The Kier molecular flexibility index (Phi) is 26.6. The van der Waals surface area contributed by atoms with E-state index in [2.05, 4.69) is 13.8 Å². The second-order valence-electron chi connectivity index (χ2n) is 3.53. The molecule has 0 N–H and O–H groups in total. The van der Waals surface area contributed by atoms with Gasteiger partial charge in [0.25, 0.3) is 0 Å². The zero-order valence-electron chi connectivity index (χ0n) is 12.7. The van der Waals surface area contributed by atoms with Crippen molar-refractivity contribution >= 4 is 0 Å². The average Bonchev–Trinajstić information content (AvgIpc) is 2.38. The highest BCUT2D eigenvalue weighted by Crippen LogP contribution is 2.29. The van der Waals surface area contributed by atoms with Crippen LogP contribution in [0, 0.1) is 11.8 Å². The fourth-order valence-electron chi connectivity index (χ4n) is 1.74. The highest BCUT2D eigenvalue weighted by Gasteiger charge is 2.15. The summed E-state index contributed by atoms with van der Waals surface area (Å²) in [6.45, 7) is 16.7. The third kappa shape index (κ3) is 14.0. The molecule has 0 heterocycles. The maximum absolute atomic E-state index is 2.38. The van der Waals surface area contributed by atoms with E-state index in [-0.39, 0.29) is 0 Å². The zero-order chi connectivity index (χ0) is 12.7. The van der Waals surface area contributed by atoms with Gasteiger partial charge in [0, 0.05) is 0 Å². The van der Waals surface area contributed by atoms with Crippen molar-refractivity contribution in [3.8, 4) is 0 Å². The molecule has 0 bridgehead atoms. The van der Waals surface area contributed by atoms with Gasteiger partial charge in [0.05, 0.1) is 0 Å². The van der Waals surface area contributed by atoms with Crippen LogP contribution in [0.1, 0.15) is 87.5 Å². The molecule has 1 fully saturated rings. The van der Waals surface area contributed by atoms with Crippen molar-refractivity contribution in [3.63, 3.8) is 0 Å². The first kappa shape index (κ1) is 20.4. The molecule has 0 aromatic heterocycles. The van der Waals surface area contributed by atoms with Gasteiger partial charge in [0.15, 0.2) is 0 Å². The SMILES string of the molecule is CC.CC.CC.CCC1CCC(C)CC1. The van der Waals surface area contributed by atoms with Gasteiger partial charge in [-0.05, 0) is 11.8 Å². The molecule has 0 saturated heterocycles. The molecule has 1 rings (SSSR count). The summed E-state index contributed by atoms with van der Waals surface area (Å²) in [4.78, 5) is 0. The van der Waals surface area contributed by atoms with Crippen LogP contribution in [0.4, 0.5) is 0 Å². The summed E-state index contributed by atoms with van der Waals surface area (Å²) < 4.78 is 0. The molecule has 1 aliphatic carbocycles. The molecule has 0 nitrogen and oxygen atoms in total. The Morgan fingerprint density at radius 2 is 1.07 bits per heavy atom. The van der Waals surface area contributed by atoms with E-state index in [1.807, 2.05) is 41.5 Å². The van der Waals surface area contributed by atoms with Crippen LogP contribution < -0.4 is 0 Å². The quantitative estimate of drug-likeness (QED) is 0.482.